The highest BCUT2D eigenvalue weighted by atomic mass is 35.5. The minimum absolute atomic E-state index is 0.281. The van der Waals surface area contributed by atoms with Gasteiger partial charge in [0.15, 0.2) is 10.1 Å². The van der Waals surface area contributed by atoms with Crippen LogP contribution in [0.2, 0.25) is 5.15 Å². The van der Waals surface area contributed by atoms with Gasteiger partial charge in [0.25, 0.3) is 0 Å². The van der Waals surface area contributed by atoms with Gasteiger partial charge in [0, 0.05) is 43.8 Å². The Bertz CT molecular complexity index is 624. The van der Waals surface area contributed by atoms with E-state index >= 15 is 0 Å². The Morgan fingerprint density at radius 1 is 1.48 bits per heavy atom. The lowest BCUT2D eigenvalue weighted by atomic mass is 10.2. The molecule has 1 N–H and O–H groups in total. The van der Waals surface area contributed by atoms with E-state index in [0.717, 1.165) is 49.5 Å². The first-order chi connectivity index (χ1) is 10.3. The van der Waals surface area contributed by atoms with Crippen LogP contribution in [0.1, 0.15) is 18.5 Å². The number of morpholine rings is 1. The average Bonchev–Trinajstić information content (AvgIpc) is 3.18. The van der Waals surface area contributed by atoms with Crippen molar-refractivity contribution in [1.29, 1.82) is 0 Å². The molecule has 0 amide bonds. The third-order valence-electron chi connectivity index (χ3n) is 4.21. The molecule has 0 bridgehead atoms. The second-order valence-corrected chi connectivity index (χ2v) is 6.99. The summed E-state index contributed by atoms with van der Waals surface area (Å²) in [5.74, 6) is 0. The van der Waals surface area contributed by atoms with Crippen molar-refractivity contribution < 1.29 is 4.74 Å². The minimum Gasteiger partial charge on any atom is -0.374 e. The predicted octanol–water partition coefficient (Wildman–Crippen LogP) is 2.00. The Labute approximate surface area is 132 Å². The maximum absolute atomic E-state index is 6.20. The highest BCUT2D eigenvalue weighted by Gasteiger charge is 2.32. The van der Waals surface area contributed by atoms with Crippen molar-refractivity contribution >= 4 is 27.9 Å². The van der Waals surface area contributed by atoms with Gasteiger partial charge >= 0.3 is 0 Å². The summed E-state index contributed by atoms with van der Waals surface area (Å²) in [4.78, 5) is 7.87. The second kappa shape index (κ2) is 5.85. The van der Waals surface area contributed by atoms with Gasteiger partial charge in [0.1, 0.15) is 0 Å². The number of aromatic nitrogens is 2. The van der Waals surface area contributed by atoms with Gasteiger partial charge in [-0.2, -0.15) is 0 Å². The van der Waals surface area contributed by atoms with Crippen LogP contribution in [-0.4, -0.2) is 52.7 Å². The smallest absolute Gasteiger partial charge is 0.195 e. The molecule has 21 heavy (non-hydrogen) atoms. The summed E-state index contributed by atoms with van der Waals surface area (Å²) in [5, 5.41) is 6.09. The van der Waals surface area contributed by atoms with Gasteiger partial charge in [0.2, 0.25) is 0 Å². The van der Waals surface area contributed by atoms with Crippen molar-refractivity contribution in [3.63, 3.8) is 0 Å². The molecule has 5 nitrogen and oxygen atoms in total. The van der Waals surface area contributed by atoms with Gasteiger partial charge in [0.05, 0.1) is 18.4 Å². The molecule has 7 heteroatoms. The van der Waals surface area contributed by atoms with Crippen molar-refractivity contribution in [2.75, 3.05) is 26.2 Å². The highest BCUT2D eigenvalue weighted by Crippen LogP contribution is 2.28. The number of hydrogen-bond donors (Lipinski definition) is 1. The first-order valence-corrected chi connectivity index (χ1v) is 8.73. The maximum atomic E-state index is 6.20. The van der Waals surface area contributed by atoms with Crippen LogP contribution in [0.15, 0.2) is 11.6 Å². The summed E-state index contributed by atoms with van der Waals surface area (Å²) >= 11 is 7.80. The summed E-state index contributed by atoms with van der Waals surface area (Å²) in [6.45, 7) is 4.57. The molecule has 2 aromatic rings. The van der Waals surface area contributed by atoms with E-state index in [1.54, 1.807) is 11.3 Å². The van der Waals surface area contributed by atoms with Crippen LogP contribution in [0.25, 0.3) is 4.96 Å². The van der Waals surface area contributed by atoms with Crippen LogP contribution < -0.4 is 5.32 Å². The van der Waals surface area contributed by atoms with E-state index in [1.165, 1.54) is 12.8 Å². The zero-order chi connectivity index (χ0) is 14.2. The molecule has 1 atom stereocenters. The molecule has 2 aliphatic rings. The molecule has 1 saturated heterocycles. The van der Waals surface area contributed by atoms with Crippen LogP contribution in [-0.2, 0) is 11.3 Å². The Kier molecular flexibility index (Phi) is 3.89. The van der Waals surface area contributed by atoms with Crippen LogP contribution >= 0.6 is 22.9 Å². The number of nitrogens with one attached hydrogen (secondary N) is 1. The summed E-state index contributed by atoms with van der Waals surface area (Å²) < 4.78 is 7.90. The predicted molar refractivity (Wildman–Crippen MR) is 84.1 cm³/mol. The van der Waals surface area contributed by atoms with E-state index < -0.39 is 0 Å². The van der Waals surface area contributed by atoms with Crippen molar-refractivity contribution in [3.8, 4) is 0 Å². The van der Waals surface area contributed by atoms with Crippen molar-refractivity contribution in [1.82, 2.24) is 19.6 Å². The highest BCUT2D eigenvalue weighted by molar-refractivity contribution is 7.15. The average molecular weight is 327 g/mol. The summed E-state index contributed by atoms with van der Waals surface area (Å²) in [7, 11) is 0. The lowest BCUT2D eigenvalue weighted by Gasteiger charge is -2.33. The van der Waals surface area contributed by atoms with Gasteiger partial charge < -0.3 is 10.1 Å². The van der Waals surface area contributed by atoms with Gasteiger partial charge in [-0.15, -0.1) is 11.3 Å². The van der Waals surface area contributed by atoms with E-state index in [4.69, 9.17) is 16.3 Å². The lowest BCUT2D eigenvalue weighted by Crippen LogP contribution is -2.47. The number of ether oxygens (including phenoxy) is 1. The topological polar surface area (TPSA) is 41.8 Å². The van der Waals surface area contributed by atoms with Crippen LogP contribution in [0.5, 0.6) is 0 Å². The minimum atomic E-state index is 0.281. The van der Waals surface area contributed by atoms with Crippen molar-refractivity contribution in [3.05, 3.63) is 22.4 Å². The zero-order valence-corrected chi connectivity index (χ0v) is 13.4. The van der Waals surface area contributed by atoms with Crippen molar-refractivity contribution in [2.24, 2.45) is 0 Å². The molecule has 114 valence electrons. The van der Waals surface area contributed by atoms with Crippen LogP contribution in [0.3, 0.4) is 0 Å². The van der Waals surface area contributed by atoms with Crippen molar-refractivity contribution in [2.45, 2.75) is 31.5 Å². The number of nitrogens with zero attached hydrogens (tertiary/aromatic N) is 3. The standard InChI is InChI=1S/C14H19ClN4OS/c15-13-12(19-4-6-21-14(19)17-13)8-16-7-11-9-18(3-5-20-11)10-1-2-10/h4,6,10-11,16H,1-3,5,7-9H2/t11-/m1/s1. The van der Waals surface area contributed by atoms with Gasteiger partial charge in [-0.25, -0.2) is 4.98 Å². The number of fused-ring (bicyclic) bond motifs is 1. The fraction of sp³-hybridized carbons (Fsp3) is 0.643. The SMILES string of the molecule is Clc1nc2sccn2c1CNC[C@@H]1CN(C2CC2)CCO1. The quantitative estimate of drug-likeness (QED) is 0.912. The van der Waals surface area contributed by atoms with Gasteiger partial charge in [-0.1, -0.05) is 11.6 Å². The zero-order valence-electron chi connectivity index (χ0n) is 11.8. The number of imidazole rings is 1. The van der Waals surface area contributed by atoms with Crippen LogP contribution in [0.4, 0.5) is 0 Å². The normalized spacial score (nSPS) is 24.0. The molecule has 0 aromatic carbocycles. The molecule has 2 fully saturated rings. The summed E-state index contributed by atoms with van der Waals surface area (Å²) in [6, 6.07) is 0.825. The van der Waals surface area contributed by atoms with Gasteiger partial charge in [-0.3, -0.25) is 9.30 Å². The van der Waals surface area contributed by atoms with E-state index in [1.807, 2.05) is 11.6 Å². The molecule has 4 rings (SSSR count). The summed E-state index contributed by atoms with van der Waals surface area (Å²) in [5.41, 5.74) is 1.03. The molecule has 2 aromatic heterocycles. The Morgan fingerprint density at radius 2 is 2.38 bits per heavy atom. The molecule has 3 heterocycles. The number of hydrogen-bond acceptors (Lipinski definition) is 5. The van der Waals surface area contributed by atoms with Gasteiger partial charge in [-0.05, 0) is 12.8 Å². The molecular formula is C14H19ClN4OS. The third kappa shape index (κ3) is 2.96. The largest absolute Gasteiger partial charge is 0.374 e. The lowest BCUT2D eigenvalue weighted by molar-refractivity contribution is -0.0301. The van der Waals surface area contributed by atoms with E-state index in [-0.39, 0.29) is 6.10 Å². The molecule has 0 unspecified atom stereocenters. The summed E-state index contributed by atoms with van der Waals surface area (Å²) in [6.07, 6.45) is 5.02. The fourth-order valence-electron chi connectivity index (χ4n) is 2.95. The molecule has 0 radical (unpaired) electrons. The fourth-order valence-corrected chi connectivity index (χ4v) is 3.97. The Hall–Kier alpha value is -0.660. The first-order valence-electron chi connectivity index (χ1n) is 7.47. The number of halogens is 1. The van der Waals surface area contributed by atoms with E-state index in [2.05, 4.69) is 19.6 Å². The molecule has 0 spiro atoms. The van der Waals surface area contributed by atoms with Crippen LogP contribution in [0, 0.1) is 0 Å². The maximum Gasteiger partial charge on any atom is 0.195 e. The second-order valence-electron chi connectivity index (χ2n) is 5.75. The molecule has 1 saturated carbocycles. The number of rotatable bonds is 5. The Morgan fingerprint density at radius 3 is 3.24 bits per heavy atom. The monoisotopic (exact) mass is 326 g/mol. The molecular weight excluding hydrogens is 308 g/mol. The number of thiazole rings is 1. The Balaban J connectivity index is 1.32. The first kappa shape index (κ1) is 14.0. The molecule has 1 aliphatic heterocycles. The van der Waals surface area contributed by atoms with E-state index in [9.17, 15) is 0 Å². The van der Waals surface area contributed by atoms with E-state index in [0.29, 0.717) is 5.15 Å². The molecule has 1 aliphatic carbocycles. The third-order valence-corrected chi connectivity index (χ3v) is 5.27.